The van der Waals surface area contributed by atoms with E-state index in [2.05, 4.69) is 38.5 Å². The number of hydrogen-bond donors (Lipinski definition) is 1. The zero-order valence-electron chi connectivity index (χ0n) is 11.3. The number of thiophene rings is 1. The number of rotatable bonds is 5. The summed E-state index contributed by atoms with van der Waals surface area (Å²) in [6, 6.07) is 8.05. The number of aromatic amines is 1. The maximum atomic E-state index is 4.57. The quantitative estimate of drug-likeness (QED) is 0.553. The number of H-pyrrole nitrogens is 1. The van der Waals surface area contributed by atoms with Crippen molar-refractivity contribution in [2.24, 2.45) is 10.1 Å². The van der Waals surface area contributed by atoms with Gasteiger partial charge < -0.3 is 4.98 Å². The van der Waals surface area contributed by atoms with Crippen LogP contribution in [0.15, 0.2) is 64.0 Å². The lowest BCUT2D eigenvalue weighted by molar-refractivity contribution is 0.841. The van der Waals surface area contributed by atoms with Gasteiger partial charge >= 0.3 is 0 Å². The van der Waals surface area contributed by atoms with Crippen LogP contribution in [0.1, 0.15) is 5.69 Å². The maximum Gasteiger partial charge on any atom is 0.206 e. The Morgan fingerprint density at radius 2 is 2.24 bits per heavy atom. The van der Waals surface area contributed by atoms with Crippen LogP contribution < -0.4 is 4.80 Å². The van der Waals surface area contributed by atoms with Gasteiger partial charge in [-0.15, -0.1) is 29.3 Å². The molecule has 3 aromatic heterocycles. The van der Waals surface area contributed by atoms with Crippen LogP contribution in [0.5, 0.6) is 0 Å². The molecule has 0 bridgehead atoms. The van der Waals surface area contributed by atoms with Crippen LogP contribution >= 0.6 is 22.7 Å². The largest absolute Gasteiger partial charge is 0.360 e. The van der Waals surface area contributed by atoms with Gasteiger partial charge in [-0.3, -0.25) is 4.99 Å². The highest BCUT2D eigenvalue weighted by Crippen LogP contribution is 2.24. The lowest BCUT2D eigenvalue weighted by atomic mass is 10.4. The molecule has 0 aliphatic heterocycles. The molecule has 0 aliphatic carbocycles. The van der Waals surface area contributed by atoms with Gasteiger partial charge in [0.2, 0.25) is 4.80 Å². The molecule has 6 heteroatoms. The Morgan fingerprint density at radius 3 is 2.95 bits per heavy atom. The molecule has 0 aromatic carbocycles. The monoisotopic (exact) mass is 314 g/mol. The Labute approximate surface area is 130 Å². The molecule has 1 N–H and O–H groups in total. The Bertz CT molecular complexity index is 789. The molecule has 0 unspecified atom stereocenters. The predicted molar refractivity (Wildman–Crippen MR) is 90.0 cm³/mol. The zero-order valence-corrected chi connectivity index (χ0v) is 12.9. The van der Waals surface area contributed by atoms with Gasteiger partial charge in [-0.05, 0) is 23.6 Å². The fourth-order valence-electron chi connectivity index (χ4n) is 1.80. The second-order valence-corrected chi connectivity index (χ2v) is 5.98. The van der Waals surface area contributed by atoms with Crippen molar-refractivity contribution < 1.29 is 0 Å². The second kappa shape index (κ2) is 6.51. The number of thiazole rings is 1. The predicted octanol–water partition coefficient (Wildman–Crippen LogP) is 3.58. The number of hydrogen-bond acceptors (Lipinski definition) is 4. The lowest BCUT2D eigenvalue weighted by Gasteiger charge is -2.00. The third-order valence-corrected chi connectivity index (χ3v) is 4.50. The average molecular weight is 314 g/mol. The van der Waals surface area contributed by atoms with Crippen molar-refractivity contribution in [2.75, 3.05) is 6.54 Å². The molecule has 0 aliphatic rings. The molecule has 0 saturated carbocycles. The highest BCUT2D eigenvalue weighted by Gasteiger charge is 2.07. The lowest BCUT2D eigenvalue weighted by Crippen LogP contribution is -2.12. The van der Waals surface area contributed by atoms with E-state index in [1.165, 1.54) is 4.88 Å². The fraction of sp³-hybridized carbons (Fsp3) is 0.0667. The van der Waals surface area contributed by atoms with Gasteiger partial charge in [0.15, 0.2) is 0 Å². The zero-order chi connectivity index (χ0) is 14.5. The molecule has 0 amide bonds. The van der Waals surface area contributed by atoms with Gasteiger partial charge in [-0.25, -0.2) is 4.68 Å². The van der Waals surface area contributed by atoms with Crippen molar-refractivity contribution in [3.63, 3.8) is 0 Å². The first-order valence-corrected chi connectivity index (χ1v) is 8.18. The molecule has 21 heavy (non-hydrogen) atoms. The van der Waals surface area contributed by atoms with Crippen molar-refractivity contribution in [1.29, 1.82) is 0 Å². The van der Waals surface area contributed by atoms with Crippen LogP contribution in [-0.2, 0) is 0 Å². The fourth-order valence-corrected chi connectivity index (χ4v) is 3.44. The summed E-state index contributed by atoms with van der Waals surface area (Å²) in [7, 11) is 0. The van der Waals surface area contributed by atoms with E-state index < -0.39 is 0 Å². The average Bonchev–Trinajstić information content (AvgIpc) is 3.22. The SMILES string of the molecule is C=CCN=c1scc(-c2cccs2)n1N=Cc1ccc[nH]1. The summed E-state index contributed by atoms with van der Waals surface area (Å²) in [5.41, 5.74) is 2.01. The van der Waals surface area contributed by atoms with Gasteiger partial charge in [0.05, 0.1) is 29.0 Å². The molecule has 4 nitrogen and oxygen atoms in total. The van der Waals surface area contributed by atoms with Gasteiger partial charge in [-0.1, -0.05) is 12.1 Å². The van der Waals surface area contributed by atoms with Crippen LogP contribution in [0.25, 0.3) is 10.6 Å². The molecule has 0 radical (unpaired) electrons. The van der Waals surface area contributed by atoms with E-state index in [1.54, 1.807) is 35.0 Å². The van der Waals surface area contributed by atoms with Crippen molar-refractivity contribution in [1.82, 2.24) is 9.66 Å². The van der Waals surface area contributed by atoms with Crippen LogP contribution in [0.3, 0.4) is 0 Å². The van der Waals surface area contributed by atoms with Crippen molar-refractivity contribution >= 4 is 28.9 Å². The standard InChI is InChI=1S/C15H14N4S2/c1-2-7-17-15-19(18-10-12-5-3-8-16-12)13(11-21-15)14-6-4-9-20-14/h2-6,8-11,16H,1,7H2. The third kappa shape index (κ3) is 3.12. The highest BCUT2D eigenvalue weighted by atomic mass is 32.1. The van der Waals surface area contributed by atoms with Gasteiger partial charge in [0.1, 0.15) is 0 Å². The number of nitrogens with one attached hydrogen (secondary N) is 1. The summed E-state index contributed by atoms with van der Waals surface area (Å²) >= 11 is 3.28. The summed E-state index contributed by atoms with van der Waals surface area (Å²) in [6.07, 6.45) is 5.46. The first-order valence-electron chi connectivity index (χ1n) is 6.42. The third-order valence-electron chi connectivity index (χ3n) is 2.75. The smallest absolute Gasteiger partial charge is 0.206 e. The first kappa shape index (κ1) is 13.8. The molecule has 106 valence electrons. The van der Waals surface area contributed by atoms with Gasteiger partial charge in [-0.2, -0.15) is 5.10 Å². The minimum Gasteiger partial charge on any atom is -0.360 e. The molecule has 0 fully saturated rings. The Morgan fingerprint density at radius 1 is 1.29 bits per heavy atom. The van der Waals surface area contributed by atoms with E-state index in [0.29, 0.717) is 6.54 Å². The Kier molecular flexibility index (Phi) is 4.28. The van der Waals surface area contributed by atoms with E-state index in [0.717, 1.165) is 16.2 Å². The summed E-state index contributed by atoms with van der Waals surface area (Å²) in [4.78, 5) is 9.65. The van der Waals surface area contributed by atoms with Crippen LogP contribution in [0, 0.1) is 0 Å². The Hall–Kier alpha value is -2.18. The number of aromatic nitrogens is 2. The molecule has 0 saturated heterocycles. The molecule has 3 rings (SSSR count). The van der Waals surface area contributed by atoms with E-state index in [-0.39, 0.29) is 0 Å². The van der Waals surface area contributed by atoms with Crippen molar-refractivity contribution in [2.45, 2.75) is 0 Å². The Balaban J connectivity index is 2.06. The van der Waals surface area contributed by atoms with Gasteiger partial charge in [0, 0.05) is 11.6 Å². The molecule has 3 heterocycles. The molecular weight excluding hydrogens is 300 g/mol. The molecule has 0 atom stereocenters. The minimum atomic E-state index is 0.586. The maximum absolute atomic E-state index is 4.57. The summed E-state index contributed by atoms with van der Waals surface area (Å²) in [6.45, 7) is 4.29. The molecule has 3 aromatic rings. The summed E-state index contributed by atoms with van der Waals surface area (Å²) in [5, 5.41) is 8.71. The second-order valence-electron chi connectivity index (χ2n) is 4.19. The van der Waals surface area contributed by atoms with Crippen molar-refractivity contribution in [3.8, 4) is 10.6 Å². The van der Waals surface area contributed by atoms with E-state index in [4.69, 9.17) is 0 Å². The topological polar surface area (TPSA) is 45.4 Å². The van der Waals surface area contributed by atoms with Gasteiger partial charge in [0.25, 0.3) is 0 Å². The van der Waals surface area contributed by atoms with E-state index >= 15 is 0 Å². The molecule has 0 spiro atoms. The summed E-state index contributed by atoms with van der Waals surface area (Å²) in [5.74, 6) is 0. The van der Waals surface area contributed by atoms with Crippen LogP contribution in [0.4, 0.5) is 0 Å². The minimum absolute atomic E-state index is 0.586. The number of nitrogens with zero attached hydrogens (tertiary/aromatic N) is 3. The highest BCUT2D eigenvalue weighted by molar-refractivity contribution is 7.14. The van der Waals surface area contributed by atoms with Crippen LogP contribution in [0.2, 0.25) is 0 Å². The van der Waals surface area contributed by atoms with Crippen LogP contribution in [-0.4, -0.2) is 22.4 Å². The molecular formula is C15H14N4S2. The normalized spacial score (nSPS) is 12.3. The van der Waals surface area contributed by atoms with E-state index in [9.17, 15) is 0 Å². The first-order chi connectivity index (χ1) is 10.4. The van der Waals surface area contributed by atoms with Crippen molar-refractivity contribution in [3.05, 3.63) is 64.4 Å². The summed E-state index contributed by atoms with van der Waals surface area (Å²) < 4.78 is 1.88. The van der Waals surface area contributed by atoms with E-state index in [1.807, 2.05) is 29.1 Å².